The number of amides is 2. The lowest BCUT2D eigenvalue weighted by Gasteiger charge is -2.11. The second kappa shape index (κ2) is 8.79. The summed E-state index contributed by atoms with van der Waals surface area (Å²) < 4.78 is 27.5. The van der Waals surface area contributed by atoms with Gasteiger partial charge in [0.05, 0.1) is 4.90 Å². The second-order valence-corrected chi connectivity index (χ2v) is 8.46. The molecule has 0 heterocycles. The van der Waals surface area contributed by atoms with Crippen molar-refractivity contribution in [1.29, 1.82) is 0 Å². The van der Waals surface area contributed by atoms with Gasteiger partial charge in [-0.15, -0.1) is 0 Å². The Bertz CT molecular complexity index is 1170. The Hall–Kier alpha value is -3.65. The molecule has 7 nitrogen and oxygen atoms in total. The number of hydrogen-bond acceptors (Lipinski definition) is 4. The maximum atomic E-state index is 12.5. The van der Waals surface area contributed by atoms with Gasteiger partial charge in [0.25, 0.3) is 21.8 Å². The van der Waals surface area contributed by atoms with Gasteiger partial charge in [-0.05, 0) is 56.3 Å². The third kappa shape index (κ3) is 5.24. The average molecular weight is 423 g/mol. The Labute approximate surface area is 175 Å². The zero-order valence-electron chi connectivity index (χ0n) is 16.5. The summed E-state index contributed by atoms with van der Waals surface area (Å²) in [4.78, 5) is 24.6. The molecule has 3 aromatic rings. The highest BCUT2D eigenvalue weighted by molar-refractivity contribution is 7.92. The summed E-state index contributed by atoms with van der Waals surface area (Å²) in [5.41, 5.74) is 7.44. The minimum absolute atomic E-state index is 0.119. The molecule has 3 rings (SSSR count). The van der Waals surface area contributed by atoms with Gasteiger partial charge in [0.2, 0.25) is 0 Å². The van der Waals surface area contributed by atoms with E-state index in [1.54, 1.807) is 42.5 Å². The number of carbonyl (C=O) groups is 2. The van der Waals surface area contributed by atoms with Crippen LogP contribution in [0, 0.1) is 13.8 Å². The number of sulfonamides is 1. The molecule has 0 fully saturated rings. The normalized spacial score (nSPS) is 10.9. The fourth-order valence-electron chi connectivity index (χ4n) is 2.62. The molecule has 0 radical (unpaired) electrons. The lowest BCUT2D eigenvalue weighted by atomic mass is 10.1. The van der Waals surface area contributed by atoms with Crippen LogP contribution in [0.1, 0.15) is 31.8 Å². The van der Waals surface area contributed by atoms with E-state index in [1.165, 1.54) is 30.3 Å². The van der Waals surface area contributed by atoms with Crippen LogP contribution in [0.25, 0.3) is 0 Å². The van der Waals surface area contributed by atoms with Crippen LogP contribution in [0.3, 0.4) is 0 Å². The van der Waals surface area contributed by atoms with Crippen LogP contribution in [-0.4, -0.2) is 20.2 Å². The monoisotopic (exact) mass is 423 g/mol. The minimum atomic E-state index is -3.79. The van der Waals surface area contributed by atoms with E-state index < -0.39 is 21.8 Å². The number of carbonyl (C=O) groups excluding carboxylic acids is 2. The van der Waals surface area contributed by atoms with E-state index in [2.05, 4.69) is 15.6 Å². The summed E-state index contributed by atoms with van der Waals surface area (Å²) in [5.74, 6) is -1.04. The van der Waals surface area contributed by atoms with Crippen LogP contribution in [0.5, 0.6) is 0 Å². The predicted molar refractivity (Wildman–Crippen MR) is 115 cm³/mol. The summed E-state index contributed by atoms with van der Waals surface area (Å²) >= 11 is 0. The van der Waals surface area contributed by atoms with Crippen molar-refractivity contribution in [2.24, 2.45) is 0 Å². The van der Waals surface area contributed by atoms with Gasteiger partial charge >= 0.3 is 0 Å². The van der Waals surface area contributed by atoms with Gasteiger partial charge in [0.15, 0.2) is 0 Å². The summed E-state index contributed by atoms with van der Waals surface area (Å²) in [7, 11) is -3.79. The van der Waals surface area contributed by atoms with Crippen LogP contribution in [0.2, 0.25) is 0 Å². The second-order valence-electron chi connectivity index (χ2n) is 6.77. The molecule has 0 aliphatic carbocycles. The highest BCUT2D eigenvalue weighted by Gasteiger charge is 2.15. The van der Waals surface area contributed by atoms with Crippen molar-refractivity contribution in [3.63, 3.8) is 0 Å². The van der Waals surface area contributed by atoms with Crippen molar-refractivity contribution in [3.05, 3.63) is 95.1 Å². The molecule has 2 amide bonds. The topological polar surface area (TPSA) is 104 Å². The van der Waals surface area contributed by atoms with E-state index in [1.807, 2.05) is 13.8 Å². The highest BCUT2D eigenvalue weighted by atomic mass is 32.2. The summed E-state index contributed by atoms with van der Waals surface area (Å²) in [5, 5.41) is 0. The molecule has 0 bridgehead atoms. The van der Waals surface area contributed by atoms with Crippen molar-refractivity contribution in [1.82, 2.24) is 10.9 Å². The minimum Gasteiger partial charge on any atom is -0.280 e. The van der Waals surface area contributed by atoms with E-state index >= 15 is 0 Å². The molecule has 0 unspecified atom stereocenters. The standard InChI is InChI=1S/C22H21N3O4S/c1-15-6-10-17(11-7-15)21(26)23-24-22(27)18-4-3-5-19(14-18)25-30(28,29)20-12-8-16(2)9-13-20/h3-14,25H,1-2H3,(H,23,26)(H,24,27). The molecular weight excluding hydrogens is 402 g/mol. The number of benzene rings is 3. The number of hydrazine groups is 1. The molecule has 3 N–H and O–H groups in total. The molecule has 0 aromatic heterocycles. The van der Waals surface area contributed by atoms with E-state index in [4.69, 9.17) is 0 Å². The molecule has 0 saturated carbocycles. The number of aryl methyl sites for hydroxylation is 2. The van der Waals surface area contributed by atoms with Crippen molar-refractivity contribution in [2.45, 2.75) is 18.7 Å². The van der Waals surface area contributed by atoms with Crippen LogP contribution in [0.15, 0.2) is 77.7 Å². The molecule has 0 spiro atoms. The van der Waals surface area contributed by atoms with Gasteiger partial charge in [-0.2, -0.15) is 0 Å². The van der Waals surface area contributed by atoms with Crippen LogP contribution in [0.4, 0.5) is 5.69 Å². The highest BCUT2D eigenvalue weighted by Crippen LogP contribution is 2.17. The SMILES string of the molecule is Cc1ccc(C(=O)NNC(=O)c2cccc(NS(=O)(=O)c3ccc(C)cc3)c2)cc1. The largest absolute Gasteiger partial charge is 0.280 e. The molecule has 0 atom stereocenters. The van der Waals surface area contributed by atoms with Gasteiger partial charge in [-0.25, -0.2) is 8.42 Å². The van der Waals surface area contributed by atoms with Crippen molar-refractivity contribution in [3.8, 4) is 0 Å². The number of hydrogen-bond donors (Lipinski definition) is 3. The first kappa shape index (κ1) is 21.1. The molecule has 154 valence electrons. The molecule has 0 aliphatic heterocycles. The summed E-state index contributed by atoms with van der Waals surface area (Å²) in [6.07, 6.45) is 0. The van der Waals surface area contributed by atoms with Gasteiger partial charge in [0.1, 0.15) is 0 Å². The summed E-state index contributed by atoms with van der Waals surface area (Å²) in [6, 6.07) is 19.3. The lowest BCUT2D eigenvalue weighted by Crippen LogP contribution is -2.41. The molecule has 0 saturated heterocycles. The van der Waals surface area contributed by atoms with Crippen LogP contribution >= 0.6 is 0 Å². The molecule has 3 aromatic carbocycles. The predicted octanol–water partition coefficient (Wildman–Crippen LogP) is 3.18. The zero-order valence-corrected chi connectivity index (χ0v) is 17.3. The maximum absolute atomic E-state index is 12.5. The Morgan fingerprint density at radius 3 is 1.83 bits per heavy atom. The van der Waals surface area contributed by atoms with Crippen LogP contribution < -0.4 is 15.6 Å². The number of anilines is 1. The van der Waals surface area contributed by atoms with Gasteiger partial charge < -0.3 is 0 Å². The summed E-state index contributed by atoms with van der Waals surface area (Å²) in [6.45, 7) is 3.77. The first-order chi connectivity index (χ1) is 14.2. The van der Waals surface area contributed by atoms with Crippen molar-refractivity contribution < 1.29 is 18.0 Å². The molecular formula is C22H21N3O4S. The first-order valence-electron chi connectivity index (χ1n) is 9.11. The maximum Gasteiger partial charge on any atom is 0.269 e. The first-order valence-corrected chi connectivity index (χ1v) is 10.6. The van der Waals surface area contributed by atoms with Gasteiger partial charge in [0, 0.05) is 16.8 Å². The zero-order chi connectivity index (χ0) is 21.7. The fourth-order valence-corrected chi connectivity index (χ4v) is 3.67. The number of nitrogens with one attached hydrogen (secondary N) is 3. The lowest BCUT2D eigenvalue weighted by molar-refractivity contribution is 0.0846. The quantitative estimate of drug-likeness (QED) is 0.548. The molecule has 8 heteroatoms. The van der Waals surface area contributed by atoms with E-state index in [0.29, 0.717) is 5.56 Å². The van der Waals surface area contributed by atoms with E-state index in [9.17, 15) is 18.0 Å². The molecule has 30 heavy (non-hydrogen) atoms. The Morgan fingerprint density at radius 2 is 1.23 bits per heavy atom. The average Bonchev–Trinajstić information content (AvgIpc) is 2.72. The van der Waals surface area contributed by atoms with E-state index in [-0.39, 0.29) is 16.1 Å². The Balaban J connectivity index is 1.67. The Kier molecular flexibility index (Phi) is 6.17. The number of rotatable bonds is 5. The molecule has 0 aliphatic rings. The van der Waals surface area contributed by atoms with Crippen molar-refractivity contribution in [2.75, 3.05) is 4.72 Å². The van der Waals surface area contributed by atoms with Gasteiger partial charge in [-0.3, -0.25) is 25.2 Å². The van der Waals surface area contributed by atoms with Crippen LogP contribution in [-0.2, 0) is 10.0 Å². The Morgan fingerprint density at radius 1 is 0.700 bits per heavy atom. The van der Waals surface area contributed by atoms with E-state index in [0.717, 1.165) is 11.1 Å². The smallest absolute Gasteiger partial charge is 0.269 e. The van der Waals surface area contributed by atoms with Gasteiger partial charge in [-0.1, -0.05) is 41.5 Å². The third-order valence-electron chi connectivity index (χ3n) is 4.31. The fraction of sp³-hybridized carbons (Fsp3) is 0.0909. The van der Waals surface area contributed by atoms with Crippen molar-refractivity contribution >= 4 is 27.5 Å². The third-order valence-corrected chi connectivity index (χ3v) is 5.71.